The van der Waals surface area contributed by atoms with Crippen LogP contribution in [0, 0.1) is 5.82 Å². The van der Waals surface area contributed by atoms with Crippen molar-refractivity contribution in [2.75, 3.05) is 23.8 Å². The third kappa shape index (κ3) is 5.96. The molecule has 1 saturated heterocycles. The number of thioether (sulfide) groups is 2. The monoisotopic (exact) mass is 651 g/mol. The molecule has 218 valence electrons. The van der Waals surface area contributed by atoms with Crippen molar-refractivity contribution in [3.63, 3.8) is 0 Å². The molecule has 0 saturated carbocycles. The number of amides is 2. The number of hydrogen-bond donors (Lipinski definition) is 4. The number of carboxylic acid groups (broad SMARTS) is 2. The number of carboxylic acids is 2. The van der Waals surface area contributed by atoms with Gasteiger partial charge in [0.05, 0.1) is 4.21 Å². The molecule has 0 spiro atoms. The Hall–Kier alpha value is -4.00. The first kappa shape index (κ1) is 29.5. The maximum atomic E-state index is 13.7. The van der Waals surface area contributed by atoms with Crippen LogP contribution in [0.5, 0.6) is 0 Å². The Bertz CT molecular complexity index is 1760. The number of halogens is 1. The second kappa shape index (κ2) is 12.1. The van der Waals surface area contributed by atoms with Gasteiger partial charge in [0.25, 0.3) is 11.8 Å². The van der Waals surface area contributed by atoms with Crippen LogP contribution in [0.1, 0.15) is 5.69 Å². The maximum Gasteiger partial charge on any atom is 0.352 e. The number of hydrogen-bond acceptors (Lipinski definition) is 13. The quantitative estimate of drug-likeness (QED) is 0.107. The molecule has 5 rings (SSSR count). The first-order valence-corrected chi connectivity index (χ1v) is 15.5. The topological polar surface area (TPSA) is 202 Å². The Kier molecular flexibility index (Phi) is 8.48. The SMILES string of the molecule is Nc1nc(/C(=N\OCC(=O)O)C(=O)N[C@@H]2C(=O)N3C(C(=O)O)=C(CSc4cc(=O)c5ccc(F)cc5s4)CS[C@H]23)cs1. The zero-order chi connectivity index (χ0) is 30.1. The second-order valence-electron chi connectivity index (χ2n) is 8.66. The molecule has 2 atom stereocenters. The first-order valence-electron chi connectivity index (χ1n) is 11.7. The van der Waals surface area contributed by atoms with E-state index in [9.17, 15) is 33.5 Å². The number of nitrogens with zero attached hydrogens (tertiary/aromatic N) is 3. The summed E-state index contributed by atoms with van der Waals surface area (Å²) < 4.78 is 14.7. The second-order valence-corrected chi connectivity index (χ2v) is 13.0. The Morgan fingerprint density at radius 1 is 1.26 bits per heavy atom. The fraction of sp³-hybridized carbons (Fsp3) is 0.208. The first-order chi connectivity index (χ1) is 20.0. The Labute approximate surface area is 251 Å². The highest BCUT2D eigenvalue weighted by Gasteiger charge is 2.54. The van der Waals surface area contributed by atoms with Crippen molar-refractivity contribution in [1.29, 1.82) is 0 Å². The summed E-state index contributed by atoms with van der Waals surface area (Å²) in [6.45, 7) is -0.828. The predicted octanol–water partition coefficient (Wildman–Crippen LogP) is 1.78. The third-order valence-corrected chi connectivity index (χ3v) is 10.3. The number of fused-ring (bicyclic) bond motifs is 2. The van der Waals surface area contributed by atoms with E-state index in [-0.39, 0.29) is 33.5 Å². The molecule has 18 heteroatoms. The van der Waals surface area contributed by atoms with E-state index in [0.717, 1.165) is 16.2 Å². The lowest BCUT2D eigenvalue weighted by Gasteiger charge is -2.49. The van der Waals surface area contributed by atoms with E-state index in [2.05, 4.69) is 15.5 Å². The average molecular weight is 652 g/mol. The van der Waals surface area contributed by atoms with Crippen LogP contribution < -0.4 is 16.5 Å². The molecule has 2 amide bonds. The zero-order valence-electron chi connectivity index (χ0n) is 20.9. The Balaban J connectivity index is 1.32. The Morgan fingerprint density at radius 2 is 2.05 bits per heavy atom. The highest BCUT2D eigenvalue weighted by molar-refractivity contribution is 8.02. The highest BCUT2D eigenvalue weighted by Crippen LogP contribution is 2.42. The van der Waals surface area contributed by atoms with E-state index in [1.54, 1.807) is 0 Å². The van der Waals surface area contributed by atoms with Crippen LogP contribution in [0.3, 0.4) is 0 Å². The summed E-state index contributed by atoms with van der Waals surface area (Å²) in [5.74, 6) is -4.33. The molecule has 3 aromatic rings. The van der Waals surface area contributed by atoms with Gasteiger partial charge < -0.3 is 26.1 Å². The van der Waals surface area contributed by atoms with E-state index in [1.165, 1.54) is 64.5 Å². The summed E-state index contributed by atoms with van der Waals surface area (Å²) >= 11 is 4.64. The normalized spacial score (nSPS) is 18.5. The molecule has 5 N–H and O–H groups in total. The van der Waals surface area contributed by atoms with Gasteiger partial charge in [-0.2, -0.15) is 0 Å². The van der Waals surface area contributed by atoms with Gasteiger partial charge in [-0.15, -0.1) is 46.2 Å². The minimum Gasteiger partial charge on any atom is -0.479 e. The fourth-order valence-electron chi connectivity index (χ4n) is 4.09. The molecular formula is C24H18FN5O8S4. The van der Waals surface area contributed by atoms with Crippen molar-refractivity contribution in [3.8, 4) is 0 Å². The van der Waals surface area contributed by atoms with Crippen LogP contribution in [-0.4, -0.2) is 79.1 Å². The lowest BCUT2D eigenvalue weighted by atomic mass is 10.0. The van der Waals surface area contributed by atoms with Crippen LogP contribution in [0.25, 0.3) is 10.1 Å². The predicted molar refractivity (Wildman–Crippen MR) is 155 cm³/mol. The molecule has 2 aliphatic heterocycles. The van der Waals surface area contributed by atoms with Crippen molar-refractivity contribution < 1.29 is 38.6 Å². The Morgan fingerprint density at radius 3 is 2.74 bits per heavy atom. The molecule has 1 fully saturated rings. The number of benzene rings is 1. The van der Waals surface area contributed by atoms with E-state index in [0.29, 0.717) is 19.9 Å². The molecule has 0 radical (unpaired) electrons. The summed E-state index contributed by atoms with van der Waals surface area (Å²) in [5.41, 5.74) is 5.16. The molecule has 0 aliphatic carbocycles. The number of β-lactam (4-membered cyclic amide) rings is 1. The molecule has 2 aromatic heterocycles. The molecule has 1 aromatic carbocycles. The molecule has 4 heterocycles. The van der Waals surface area contributed by atoms with Crippen LogP contribution in [0.4, 0.5) is 9.52 Å². The lowest BCUT2D eigenvalue weighted by Crippen LogP contribution is -2.71. The third-order valence-electron chi connectivity index (χ3n) is 5.92. The highest BCUT2D eigenvalue weighted by atomic mass is 32.2. The summed E-state index contributed by atoms with van der Waals surface area (Å²) in [6.07, 6.45) is 0. The van der Waals surface area contributed by atoms with E-state index >= 15 is 0 Å². The summed E-state index contributed by atoms with van der Waals surface area (Å²) in [7, 11) is 0. The smallest absolute Gasteiger partial charge is 0.352 e. The van der Waals surface area contributed by atoms with Crippen molar-refractivity contribution in [1.82, 2.24) is 15.2 Å². The number of nitrogens with two attached hydrogens (primary N) is 1. The molecule has 2 aliphatic rings. The van der Waals surface area contributed by atoms with Gasteiger partial charge in [0, 0.05) is 33.0 Å². The number of nitrogen functional groups attached to an aromatic ring is 1. The fourth-order valence-corrected chi connectivity index (χ4v) is 8.38. The van der Waals surface area contributed by atoms with Gasteiger partial charge in [0.2, 0.25) is 6.61 Å². The van der Waals surface area contributed by atoms with Crippen LogP contribution >= 0.6 is 46.2 Å². The van der Waals surface area contributed by atoms with Crippen molar-refractivity contribution in [3.05, 3.63) is 62.7 Å². The minimum atomic E-state index is -1.33. The minimum absolute atomic E-state index is 0.00415. The van der Waals surface area contributed by atoms with Crippen molar-refractivity contribution in [2.45, 2.75) is 15.6 Å². The number of carbonyl (C=O) groups is 4. The molecule has 13 nitrogen and oxygen atoms in total. The van der Waals surface area contributed by atoms with E-state index in [4.69, 9.17) is 15.7 Å². The number of aliphatic carboxylic acids is 2. The van der Waals surface area contributed by atoms with Gasteiger partial charge in [-0.1, -0.05) is 5.16 Å². The maximum absolute atomic E-state index is 13.7. The number of carbonyl (C=O) groups excluding carboxylic acids is 2. The lowest BCUT2D eigenvalue weighted by molar-refractivity contribution is -0.150. The van der Waals surface area contributed by atoms with Crippen molar-refractivity contribution in [2.24, 2.45) is 5.16 Å². The molecule has 0 bridgehead atoms. The van der Waals surface area contributed by atoms with Crippen LogP contribution in [-0.2, 0) is 24.0 Å². The van der Waals surface area contributed by atoms with E-state index < -0.39 is 53.3 Å². The zero-order valence-corrected chi connectivity index (χ0v) is 24.2. The summed E-state index contributed by atoms with van der Waals surface area (Å²) in [4.78, 5) is 71.3. The standard InChI is InChI=1S/C24H18FN5O8S4/c25-10-1-2-11-13(31)4-16(42-14(11)3-10)39-6-9-7-40-22-18(21(35)30(22)19(9)23(36)37)28-20(34)17(29-38-5-15(32)33)12-8-41-24(26)27-12/h1-4,8,18,22H,5-7H2,(H2,26,27)(H,28,34)(H,32,33)(H,36,37)/b29-17+/t18-,22-/m1/s1. The van der Waals surface area contributed by atoms with Gasteiger partial charge in [0.1, 0.15) is 28.6 Å². The van der Waals surface area contributed by atoms with Crippen molar-refractivity contribution >= 4 is 90.9 Å². The number of oxime groups is 1. The van der Waals surface area contributed by atoms with Gasteiger partial charge in [-0.3, -0.25) is 19.3 Å². The van der Waals surface area contributed by atoms with E-state index in [1.807, 2.05) is 0 Å². The molecular weight excluding hydrogens is 634 g/mol. The molecule has 0 unspecified atom stereocenters. The van der Waals surface area contributed by atoms with Gasteiger partial charge >= 0.3 is 11.9 Å². The summed E-state index contributed by atoms with van der Waals surface area (Å²) in [6, 6.07) is 4.19. The van der Waals surface area contributed by atoms with Gasteiger partial charge in [-0.05, 0) is 23.8 Å². The number of nitrogens with one attached hydrogen (secondary N) is 1. The largest absolute Gasteiger partial charge is 0.479 e. The van der Waals surface area contributed by atoms with Gasteiger partial charge in [0.15, 0.2) is 16.3 Å². The number of rotatable bonds is 10. The number of anilines is 1. The van der Waals surface area contributed by atoms with Crippen LogP contribution in [0.15, 0.2) is 55.1 Å². The van der Waals surface area contributed by atoms with Gasteiger partial charge in [-0.25, -0.2) is 19.0 Å². The number of thiazole rings is 1. The average Bonchev–Trinajstić information content (AvgIpc) is 3.37. The van der Waals surface area contributed by atoms with Crippen LogP contribution in [0.2, 0.25) is 0 Å². The summed E-state index contributed by atoms with van der Waals surface area (Å²) in [5, 5.41) is 26.0. The molecule has 42 heavy (non-hydrogen) atoms. The number of aromatic nitrogens is 1.